The van der Waals surface area contributed by atoms with Crippen molar-refractivity contribution in [2.45, 2.75) is 25.8 Å². The lowest BCUT2D eigenvalue weighted by molar-refractivity contribution is -0.384. The summed E-state index contributed by atoms with van der Waals surface area (Å²) in [5.41, 5.74) is 5.86. The molecular weight excluding hydrogens is 270 g/mol. The normalized spacial score (nSPS) is 10.5. The van der Waals surface area contributed by atoms with Gasteiger partial charge in [-0.1, -0.05) is 12.1 Å². The van der Waals surface area contributed by atoms with Crippen LogP contribution < -0.4 is 11.1 Å². The molecule has 1 amide bonds. The van der Waals surface area contributed by atoms with Crippen LogP contribution in [0.1, 0.15) is 19.4 Å². The fourth-order valence-electron chi connectivity index (χ4n) is 1.35. The maximum atomic E-state index is 11.6. The van der Waals surface area contributed by atoms with Crippen molar-refractivity contribution in [3.05, 3.63) is 39.9 Å². The van der Waals surface area contributed by atoms with Gasteiger partial charge in [0.25, 0.3) is 5.69 Å². The molecule has 0 atom stereocenters. The topological polar surface area (TPSA) is 98.3 Å². The fourth-order valence-corrected chi connectivity index (χ4v) is 1.35. The molecule has 0 aliphatic carbocycles. The number of nitro groups is 1. The minimum atomic E-state index is -0.482. The summed E-state index contributed by atoms with van der Waals surface area (Å²) >= 11 is 0. The van der Waals surface area contributed by atoms with Gasteiger partial charge in [0.2, 0.25) is 5.91 Å². The van der Waals surface area contributed by atoms with Gasteiger partial charge in [-0.15, -0.1) is 12.4 Å². The number of carbonyl (C=O) groups is 1. The molecule has 0 aliphatic rings. The molecule has 1 aromatic rings. The van der Waals surface area contributed by atoms with E-state index in [0.29, 0.717) is 12.1 Å². The summed E-state index contributed by atoms with van der Waals surface area (Å²) in [6.07, 6.45) is 0.109. The Morgan fingerprint density at radius 1 is 1.47 bits per heavy atom. The molecule has 0 saturated heterocycles. The Labute approximate surface area is 117 Å². The molecule has 106 valence electrons. The molecule has 19 heavy (non-hydrogen) atoms. The van der Waals surface area contributed by atoms with Crippen LogP contribution >= 0.6 is 12.4 Å². The number of carbonyl (C=O) groups excluding carboxylic acids is 1. The van der Waals surface area contributed by atoms with Crippen molar-refractivity contribution in [1.82, 2.24) is 5.32 Å². The van der Waals surface area contributed by atoms with E-state index in [1.165, 1.54) is 12.1 Å². The summed E-state index contributed by atoms with van der Waals surface area (Å²) < 4.78 is 0. The van der Waals surface area contributed by atoms with Gasteiger partial charge in [0.15, 0.2) is 0 Å². The summed E-state index contributed by atoms with van der Waals surface area (Å²) in [5.74, 6) is -0.200. The smallest absolute Gasteiger partial charge is 0.269 e. The van der Waals surface area contributed by atoms with E-state index < -0.39 is 10.5 Å². The largest absolute Gasteiger partial charge is 0.354 e. The van der Waals surface area contributed by atoms with Crippen LogP contribution in [-0.4, -0.2) is 22.9 Å². The lowest BCUT2D eigenvalue weighted by atomic mass is 10.1. The quantitative estimate of drug-likeness (QED) is 0.632. The van der Waals surface area contributed by atoms with E-state index in [2.05, 4.69) is 5.32 Å². The minimum absolute atomic E-state index is 0. The van der Waals surface area contributed by atoms with Gasteiger partial charge in [-0.05, 0) is 19.4 Å². The number of amides is 1. The zero-order valence-electron chi connectivity index (χ0n) is 10.9. The van der Waals surface area contributed by atoms with Gasteiger partial charge in [0.1, 0.15) is 0 Å². The predicted molar refractivity (Wildman–Crippen MR) is 75.3 cm³/mol. The second kappa shape index (κ2) is 7.06. The predicted octanol–water partition coefficient (Wildman–Crippen LogP) is 1.41. The average Bonchev–Trinajstić information content (AvgIpc) is 2.26. The molecule has 0 bridgehead atoms. The molecule has 0 saturated carbocycles. The number of halogens is 1. The van der Waals surface area contributed by atoms with Crippen molar-refractivity contribution >= 4 is 24.0 Å². The van der Waals surface area contributed by atoms with Crippen LogP contribution in [0.15, 0.2) is 24.3 Å². The highest BCUT2D eigenvalue weighted by atomic mass is 35.5. The van der Waals surface area contributed by atoms with Crippen LogP contribution in [0.2, 0.25) is 0 Å². The van der Waals surface area contributed by atoms with Gasteiger partial charge in [-0.2, -0.15) is 0 Å². The number of nitrogens with zero attached hydrogens (tertiary/aromatic N) is 1. The molecule has 1 aromatic carbocycles. The van der Waals surface area contributed by atoms with Gasteiger partial charge in [-0.3, -0.25) is 14.9 Å². The standard InChI is InChI=1S/C12H17N3O3.ClH/c1-12(2,13)8-14-11(16)7-9-4-3-5-10(6-9)15(17)18;/h3-6H,7-8,13H2,1-2H3,(H,14,16);1H. The van der Waals surface area contributed by atoms with Crippen LogP contribution in [-0.2, 0) is 11.2 Å². The highest BCUT2D eigenvalue weighted by molar-refractivity contribution is 5.85. The SMILES string of the molecule is CC(C)(N)CNC(=O)Cc1cccc([N+](=O)[O-])c1.Cl. The molecule has 7 heteroatoms. The number of rotatable bonds is 5. The first kappa shape index (κ1) is 17.3. The van der Waals surface area contributed by atoms with E-state index in [1.54, 1.807) is 26.0 Å². The first-order chi connectivity index (χ1) is 8.28. The summed E-state index contributed by atoms with van der Waals surface area (Å²) in [5, 5.41) is 13.3. The third-order valence-corrected chi connectivity index (χ3v) is 2.23. The highest BCUT2D eigenvalue weighted by Gasteiger charge is 2.13. The molecule has 1 rings (SSSR count). The molecular formula is C12H18ClN3O3. The van der Waals surface area contributed by atoms with Gasteiger partial charge >= 0.3 is 0 Å². The zero-order chi connectivity index (χ0) is 13.8. The number of hydrogen-bond donors (Lipinski definition) is 2. The minimum Gasteiger partial charge on any atom is -0.354 e. The Morgan fingerprint density at radius 2 is 2.11 bits per heavy atom. The number of nitrogens with two attached hydrogens (primary N) is 1. The maximum absolute atomic E-state index is 11.6. The van der Waals surface area contributed by atoms with Gasteiger partial charge in [-0.25, -0.2) is 0 Å². The number of nitrogens with one attached hydrogen (secondary N) is 1. The molecule has 0 fully saturated rings. The monoisotopic (exact) mass is 287 g/mol. The lowest BCUT2D eigenvalue weighted by Gasteiger charge is -2.18. The van der Waals surface area contributed by atoms with Crippen LogP contribution in [0.4, 0.5) is 5.69 Å². The molecule has 0 spiro atoms. The van der Waals surface area contributed by atoms with Crippen molar-refractivity contribution in [3.63, 3.8) is 0 Å². The number of hydrogen-bond acceptors (Lipinski definition) is 4. The van der Waals surface area contributed by atoms with Crippen LogP contribution in [0.25, 0.3) is 0 Å². The fraction of sp³-hybridized carbons (Fsp3) is 0.417. The van der Waals surface area contributed by atoms with Crippen molar-refractivity contribution in [3.8, 4) is 0 Å². The van der Waals surface area contributed by atoms with E-state index in [1.807, 2.05) is 0 Å². The molecule has 3 N–H and O–H groups in total. The second-order valence-corrected chi connectivity index (χ2v) is 4.87. The van der Waals surface area contributed by atoms with E-state index in [-0.39, 0.29) is 30.4 Å². The summed E-state index contributed by atoms with van der Waals surface area (Å²) in [7, 11) is 0. The van der Waals surface area contributed by atoms with Crippen LogP contribution in [0, 0.1) is 10.1 Å². The molecule has 0 unspecified atom stereocenters. The molecule has 0 aliphatic heterocycles. The molecule has 0 radical (unpaired) electrons. The average molecular weight is 288 g/mol. The van der Waals surface area contributed by atoms with Crippen molar-refractivity contribution in [1.29, 1.82) is 0 Å². The molecule has 0 aromatic heterocycles. The summed E-state index contributed by atoms with van der Waals surface area (Å²) in [4.78, 5) is 21.7. The Hall–Kier alpha value is -1.66. The first-order valence-corrected chi connectivity index (χ1v) is 5.57. The lowest BCUT2D eigenvalue weighted by Crippen LogP contribution is -2.45. The van der Waals surface area contributed by atoms with E-state index in [4.69, 9.17) is 5.73 Å². The Balaban J connectivity index is 0.00000324. The zero-order valence-corrected chi connectivity index (χ0v) is 11.7. The molecule has 0 heterocycles. The Morgan fingerprint density at radius 3 is 2.63 bits per heavy atom. The van der Waals surface area contributed by atoms with E-state index >= 15 is 0 Å². The van der Waals surface area contributed by atoms with Gasteiger partial charge in [0, 0.05) is 24.2 Å². The van der Waals surface area contributed by atoms with Crippen LogP contribution in [0.5, 0.6) is 0 Å². The Kier molecular flexibility index (Phi) is 6.44. The summed E-state index contributed by atoms with van der Waals surface area (Å²) in [6.45, 7) is 3.97. The van der Waals surface area contributed by atoms with Crippen molar-refractivity contribution in [2.75, 3.05) is 6.54 Å². The third kappa shape index (κ3) is 6.73. The number of non-ortho nitro benzene ring substituents is 1. The highest BCUT2D eigenvalue weighted by Crippen LogP contribution is 2.13. The van der Waals surface area contributed by atoms with Crippen molar-refractivity contribution < 1.29 is 9.72 Å². The number of benzene rings is 1. The number of nitro benzene ring substituents is 1. The summed E-state index contributed by atoms with van der Waals surface area (Å²) in [6, 6.07) is 6.03. The first-order valence-electron chi connectivity index (χ1n) is 5.57. The van der Waals surface area contributed by atoms with E-state index in [0.717, 1.165) is 0 Å². The van der Waals surface area contributed by atoms with Crippen molar-refractivity contribution in [2.24, 2.45) is 5.73 Å². The third-order valence-electron chi connectivity index (χ3n) is 2.23. The second-order valence-electron chi connectivity index (χ2n) is 4.87. The van der Waals surface area contributed by atoms with Crippen LogP contribution in [0.3, 0.4) is 0 Å². The van der Waals surface area contributed by atoms with E-state index in [9.17, 15) is 14.9 Å². The molecule has 6 nitrogen and oxygen atoms in total. The van der Waals surface area contributed by atoms with Gasteiger partial charge < -0.3 is 11.1 Å². The Bertz CT molecular complexity index is 458. The van der Waals surface area contributed by atoms with Gasteiger partial charge in [0.05, 0.1) is 11.3 Å². The maximum Gasteiger partial charge on any atom is 0.269 e.